The maximum atomic E-state index is 12.1. The van der Waals surface area contributed by atoms with E-state index in [9.17, 15) is 9.59 Å². The fourth-order valence-electron chi connectivity index (χ4n) is 2.85. The van der Waals surface area contributed by atoms with E-state index in [4.69, 9.17) is 0 Å². The predicted molar refractivity (Wildman–Crippen MR) is 104 cm³/mol. The van der Waals surface area contributed by atoms with Crippen LogP contribution in [0.4, 0.5) is 0 Å². The van der Waals surface area contributed by atoms with Gasteiger partial charge in [-0.2, -0.15) is 5.10 Å². The highest BCUT2D eigenvalue weighted by atomic mass is 16.2. The van der Waals surface area contributed by atoms with Crippen molar-refractivity contribution >= 4 is 11.8 Å². The number of nitrogens with zero attached hydrogens (tertiary/aromatic N) is 2. The van der Waals surface area contributed by atoms with Gasteiger partial charge < -0.3 is 10.6 Å². The Balaban J connectivity index is 1.58. The molecule has 0 radical (unpaired) electrons. The molecule has 1 heterocycles. The van der Waals surface area contributed by atoms with Gasteiger partial charge in [0.15, 0.2) is 0 Å². The van der Waals surface area contributed by atoms with Crippen LogP contribution in [0.15, 0.2) is 60.7 Å². The molecule has 0 saturated carbocycles. The van der Waals surface area contributed by atoms with E-state index in [-0.39, 0.29) is 18.4 Å². The van der Waals surface area contributed by atoms with Crippen molar-refractivity contribution in [3.63, 3.8) is 0 Å². The number of carbonyl (C=O) groups excluding carboxylic acids is 2. The van der Waals surface area contributed by atoms with Crippen molar-refractivity contribution < 1.29 is 9.59 Å². The number of aryl methyl sites for hydroxylation is 1. The Labute approximate surface area is 158 Å². The predicted octanol–water partition coefficient (Wildman–Crippen LogP) is 2.54. The summed E-state index contributed by atoms with van der Waals surface area (Å²) in [7, 11) is 0. The molecule has 0 unspecified atom stereocenters. The maximum absolute atomic E-state index is 12.1. The Bertz CT molecular complexity index is 934. The second-order valence-electron chi connectivity index (χ2n) is 6.22. The Morgan fingerprint density at radius 2 is 1.56 bits per heavy atom. The van der Waals surface area contributed by atoms with Crippen LogP contribution in [0.1, 0.15) is 27.3 Å². The largest absolute Gasteiger partial charge is 0.350 e. The highest BCUT2D eigenvalue weighted by Gasteiger charge is 2.14. The molecular formula is C21H22N4O2. The molecule has 0 fully saturated rings. The van der Waals surface area contributed by atoms with Crippen LogP contribution in [0, 0.1) is 13.8 Å². The number of nitrogens with one attached hydrogen (secondary N) is 2. The smallest absolute Gasteiger partial charge is 0.251 e. The number of rotatable bonds is 6. The zero-order valence-corrected chi connectivity index (χ0v) is 15.4. The Kier molecular flexibility index (Phi) is 5.66. The first-order valence-electron chi connectivity index (χ1n) is 8.76. The molecule has 27 heavy (non-hydrogen) atoms. The summed E-state index contributed by atoms with van der Waals surface area (Å²) in [5.41, 5.74) is 4.32. The van der Waals surface area contributed by atoms with Crippen LogP contribution in [0.2, 0.25) is 0 Å². The van der Waals surface area contributed by atoms with Crippen molar-refractivity contribution in [2.24, 2.45) is 0 Å². The van der Waals surface area contributed by atoms with Crippen LogP contribution in [0.5, 0.6) is 0 Å². The Morgan fingerprint density at radius 1 is 0.926 bits per heavy atom. The molecule has 138 valence electrons. The number of aromatic nitrogens is 2. The third kappa shape index (κ3) is 4.41. The molecule has 0 atom stereocenters. The molecule has 1 aromatic heterocycles. The first kappa shape index (κ1) is 18.4. The van der Waals surface area contributed by atoms with Gasteiger partial charge in [-0.05, 0) is 38.1 Å². The molecule has 0 aliphatic heterocycles. The molecule has 3 aromatic rings. The molecule has 0 spiro atoms. The average molecular weight is 362 g/mol. The van der Waals surface area contributed by atoms with Crippen molar-refractivity contribution in [1.29, 1.82) is 0 Å². The van der Waals surface area contributed by atoms with E-state index in [0.29, 0.717) is 12.1 Å². The third-order valence-corrected chi connectivity index (χ3v) is 4.35. The number of carbonyl (C=O) groups is 2. The summed E-state index contributed by atoms with van der Waals surface area (Å²) in [4.78, 5) is 24.1. The van der Waals surface area contributed by atoms with Gasteiger partial charge in [-0.1, -0.05) is 36.4 Å². The molecule has 2 aromatic carbocycles. The molecule has 2 N–H and O–H groups in total. The summed E-state index contributed by atoms with van der Waals surface area (Å²) in [6, 6.07) is 18.7. The van der Waals surface area contributed by atoms with Crippen LogP contribution in [-0.4, -0.2) is 28.1 Å². The highest BCUT2D eigenvalue weighted by molar-refractivity contribution is 5.96. The lowest BCUT2D eigenvalue weighted by molar-refractivity contribution is -0.120. The van der Waals surface area contributed by atoms with E-state index < -0.39 is 0 Å². The van der Waals surface area contributed by atoms with E-state index >= 15 is 0 Å². The lowest BCUT2D eigenvalue weighted by Crippen LogP contribution is -2.36. The van der Waals surface area contributed by atoms with E-state index in [1.165, 1.54) is 0 Å². The second kappa shape index (κ2) is 8.31. The van der Waals surface area contributed by atoms with Crippen LogP contribution in [0.25, 0.3) is 5.69 Å². The quantitative estimate of drug-likeness (QED) is 0.707. The van der Waals surface area contributed by atoms with Crippen LogP contribution >= 0.6 is 0 Å². The Hall–Kier alpha value is -3.41. The van der Waals surface area contributed by atoms with Crippen LogP contribution in [-0.2, 0) is 11.3 Å². The summed E-state index contributed by atoms with van der Waals surface area (Å²) >= 11 is 0. The van der Waals surface area contributed by atoms with Gasteiger partial charge in [0.1, 0.15) is 0 Å². The molecule has 3 rings (SSSR count). The molecule has 0 aliphatic carbocycles. The molecular weight excluding hydrogens is 340 g/mol. The molecule has 0 saturated heterocycles. The van der Waals surface area contributed by atoms with Gasteiger partial charge in [-0.15, -0.1) is 0 Å². The SMILES string of the molecule is Cc1nn(-c2ccccc2)c(C)c1CNC(=O)CNC(=O)c1ccccc1. The highest BCUT2D eigenvalue weighted by Crippen LogP contribution is 2.17. The molecule has 0 aliphatic rings. The van der Waals surface area contributed by atoms with Crippen LogP contribution in [0.3, 0.4) is 0 Å². The monoisotopic (exact) mass is 362 g/mol. The van der Waals surface area contributed by atoms with Gasteiger partial charge in [-0.25, -0.2) is 4.68 Å². The second-order valence-corrected chi connectivity index (χ2v) is 6.22. The van der Waals surface area contributed by atoms with Gasteiger partial charge in [-0.3, -0.25) is 9.59 Å². The number of amides is 2. The summed E-state index contributed by atoms with van der Waals surface area (Å²) in [6.45, 7) is 4.19. The van der Waals surface area contributed by atoms with Gasteiger partial charge in [0.05, 0.1) is 17.9 Å². The fraction of sp³-hybridized carbons (Fsp3) is 0.190. The Morgan fingerprint density at radius 3 is 2.22 bits per heavy atom. The summed E-state index contributed by atoms with van der Waals surface area (Å²) in [5, 5.41) is 10.0. The van der Waals surface area contributed by atoms with Crippen molar-refractivity contribution in [3.05, 3.63) is 83.2 Å². The van der Waals surface area contributed by atoms with Gasteiger partial charge >= 0.3 is 0 Å². The molecule has 6 nitrogen and oxygen atoms in total. The summed E-state index contributed by atoms with van der Waals surface area (Å²) < 4.78 is 1.87. The lowest BCUT2D eigenvalue weighted by Gasteiger charge is -2.08. The van der Waals surface area contributed by atoms with Crippen LogP contribution < -0.4 is 10.6 Å². The van der Waals surface area contributed by atoms with E-state index in [1.807, 2.05) is 54.9 Å². The molecule has 2 amide bonds. The van der Waals surface area contributed by atoms with Gasteiger partial charge in [0.2, 0.25) is 5.91 Å². The molecule has 6 heteroatoms. The minimum atomic E-state index is -0.269. The molecule has 0 bridgehead atoms. The first-order valence-corrected chi connectivity index (χ1v) is 8.76. The van der Waals surface area contributed by atoms with Crippen molar-refractivity contribution in [2.75, 3.05) is 6.54 Å². The van der Waals surface area contributed by atoms with Crippen molar-refractivity contribution in [3.8, 4) is 5.69 Å². The number of hydrogen-bond acceptors (Lipinski definition) is 3. The minimum Gasteiger partial charge on any atom is -0.350 e. The maximum Gasteiger partial charge on any atom is 0.251 e. The van der Waals surface area contributed by atoms with Gasteiger partial charge in [0, 0.05) is 23.4 Å². The normalized spacial score (nSPS) is 10.4. The van der Waals surface area contributed by atoms with Gasteiger partial charge in [0.25, 0.3) is 5.91 Å². The fourth-order valence-corrected chi connectivity index (χ4v) is 2.85. The van der Waals surface area contributed by atoms with E-state index in [1.54, 1.807) is 24.3 Å². The third-order valence-electron chi connectivity index (χ3n) is 4.35. The van der Waals surface area contributed by atoms with Crippen molar-refractivity contribution in [2.45, 2.75) is 20.4 Å². The summed E-state index contributed by atoms with van der Waals surface area (Å²) in [6.07, 6.45) is 0. The topological polar surface area (TPSA) is 76.0 Å². The average Bonchev–Trinajstić information content (AvgIpc) is 2.99. The minimum absolute atomic E-state index is 0.0708. The zero-order chi connectivity index (χ0) is 19.2. The number of para-hydroxylation sites is 1. The standard InChI is InChI=1S/C21H22N4O2/c1-15-19(16(2)25(24-15)18-11-7-4-8-12-18)13-22-20(26)14-23-21(27)17-9-5-3-6-10-17/h3-12H,13-14H2,1-2H3,(H,22,26)(H,23,27). The summed E-state index contributed by atoms with van der Waals surface area (Å²) in [5.74, 6) is -0.513. The lowest BCUT2D eigenvalue weighted by atomic mass is 10.2. The number of benzene rings is 2. The zero-order valence-electron chi connectivity index (χ0n) is 15.4. The van der Waals surface area contributed by atoms with E-state index in [0.717, 1.165) is 22.6 Å². The van der Waals surface area contributed by atoms with E-state index in [2.05, 4.69) is 15.7 Å². The van der Waals surface area contributed by atoms with Crippen molar-refractivity contribution in [1.82, 2.24) is 20.4 Å². The number of hydrogen-bond donors (Lipinski definition) is 2. The first-order chi connectivity index (χ1) is 13.1.